The van der Waals surface area contributed by atoms with E-state index in [4.69, 9.17) is 11.6 Å². The molecule has 4 rings (SSSR count). The predicted molar refractivity (Wildman–Crippen MR) is 103 cm³/mol. The number of nitrogens with zero attached hydrogens (tertiary/aromatic N) is 3. The number of anilines is 1. The SMILES string of the molecule is Cc1nnc2n1N[C@@H](c1ccccc1)[C@H](C(=O)Nc1cccc(Cl)c1)S2. The molecule has 1 aromatic heterocycles. The summed E-state index contributed by atoms with van der Waals surface area (Å²) in [6.45, 7) is 1.87. The second-order valence-corrected chi connectivity index (χ2v) is 7.47. The summed E-state index contributed by atoms with van der Waals surface area (Å²) in [6, 6.07) is 16.8. The van der Waals surface area contributed by atoms with Crippen molar-refractivity contribution in [1.29, 1.82) is 0 Å². The zero-order valence-corrected chi connectivity index (χ0v) is 15.5. The van der Waals surface area contributed by atoms with Crippen molar-refractivity contribution in [2.75, 3.05) is 10.7 Å². The molecular weight excluding hydrogens is 370 g/mol. The van der Waals surface area contributed by atoms with Gasteiger partial charge in [0.15, 0.2) is 0 Å². The molecule has 0 spiro atoms. The summed E-state index contributed by atoms with van der Waals surface area (Å²) in [4.78, 5) is 13.0. The Morgan fingerprint density at radius 2 is 2.00 bits per heavy atom. The van der Waals surface area contributed by atoms with Crippen LogP contribution in [-0.4, -0.2) is 26.0 Å². The van der Waals surface area contributed by atoms with Gasteiger partial charge in [-0.3, -0.25) is 4.79 Å². The molecule has 3 aromatic rings. The maximum atomic E-state index is 13.0. The molecule has 0 unspecified atom stereocenters. The average Bonchev–Trinajstić information content (AvgIpc) is 3.02. The molecule has 0 saturated carbocycles. The molecular formula is C18H16ClN5OS. The monoisotopic (exact) mass is 385 g/mol. The first-order valence-corrected chi connectivity index (χ1v) is 9.34. The third kappa shape index (κ3) is 3.27. The molecule has 0 aliphatic carbocycles. The molecule has 132 valence electrons. The van der Waals surface area contributed by atoms with Crippen molar-refractivity contribution < 1.29 is 4.79 Å². The summed E-state index contributed by atoms with van der Waals surface area (Å²) in [7, 11) is 0. The lowest BCUT2D eigenvalue weighted by molar-refractivity contribution is -0.116. The van der Waals surface area contributed by atoms with Crippen LogP contribution in [0.1, 0.15) is 17.4 Å². The summed E-state index contributed by atoms with van der Waals surface area (Å²) in [5.41, 5.74) is 5.06. The number of carbonyl (C=O) groups excluding carboxylic acids is 1. The Bertz CT molecular complexity index is 946. The van der Waals surface area contributed by atoms with Crippen molar-refractivity contribution in [2.24, 2.45) is 0 Å². The van der Waals surface area contributed by atoms with Gasteiger partial charge in [-0.25, -0.2) is 4.68 Å². The van der Waals surface area contributed by atoms with Crippen LogP contribution in [0.25, 0.3) is 0 Å². The summed E-state index contributed by atoms with van der Waals surface area (Å²) in [5, 5.41) is 12.0. The molecule has 2 aromatic carbocycles. The molecule has 6 nitrogen and oxygen atoms in total. The first-order valence-electron chi connectivity index (χ1n) is 8.08. The quantitative estimate of drug-likeness (QED) is 0.720. The minimum atomic E-state index is -0.410. The lowest BCUT2D eigenvalue weighted by Crippen LogP contribution is -2.41. The number of rotatable bonds is 3. The van der Waals surface area contributed by atoms with Crippen LogP contribution >= 0.6 is 23.4 Å². The van der Waals surface area contributed by atoms with Crippen molar-refractivity contribution in [1.82, 2.24) is 14.9 Å². The third-order valence-corrected chi connectivity index (χ3v) is 5.56. The fourth-order valence-electron chi connectivity index (χ4n) is 2.85. The van der Waals surface area contributed by atoms with E-state index in [2.05, 4.69) is 20.9 Å². The van der Waals surface area contributed by atoms with E-state index in [1.54, 1.807) is 18.2 Å². The predicted octanol–water partition coefficient (Wildman–Crippen LogP) is 3.64. The smallest absolute Gasteiger partial charge is 0.240 e. The van der Waals surface area contributed by atoms with E-state index in [-0.39, 0.29) is 11.9 Å². The summed E-state index contributed by atoms with van der Waals surface area (Å²) >= 11 is 7.41. The molecule has 0 saturated heterocycles. The van der Waals surface area contributed by atoms with E-state index >= 15 is 0 Å². The second kappa shape index (κ2) is 7.01. The lowest BCUT2D eigenvalue weighted by Gasteiger charge is -2.32. The Morgan fingerprint density at radius 1 is 1.19 bits per heavy atom. The van der Waals surface area contributed by atoms with Crippen LogP contribution < -0.4 is 10.7 Å². The van der Waals surface area contributed by atoms with Crippen LogP contribution in [0.4, 0.5) is 5.69 Å². The molecule has 2 N–H and O–H groups in total. The van der Waals surface area contributed by atoms with Crippen LogP contribution in [-0.2, 0) is 4.79 Å². The molecule has 0 fully saturated rings. The van der Waals surface area contributed by atoms with E-state index in [9.17, 15) is 4.79 Å². The highest BCUT2D eigenvalue weighted by molar-refractivity contribution is 8.00. The van der Waals surface area contributed by atoms with Crippen LogP contribution in [0, 0.1) is 6.92 Å². The third-order valence-electron chi connectivity index (χ3n) is 4.11. The summed E-state index contributed by atoms with van der Waals surface area (Å²) < 4.78 is 1.82. The number of halogens is 1. The summed E-state index contributed by atoms with van der Waals surface area (Å²) in [5.74, 6) is 0.632. The number of amides is 1. The topological polar surface area (TPSA) is 71.8 Å². The number of benzene rings is 2. The minimum Gasteiger partial charge on any atom is -0.325 e. The van der Waals surface area contributed by atoms with Gasteiger partial charge >= 0.3 is 0 Å². The number of aryl methyl sites for hydroxylation is 1. The normalized spacial score (nSPS) is 18.7. The van der Waals surface area contributed by atoms with E-state index in [0.29, 0.717) is 15.9 Å². The van der Waals surface area contributed by atoms with Crippen molar-refractivity contribution in [3.05, 3.63) is 71.0 Å². The van der Waals surface area contributed by atoms with Gasteiger partial charge in [0, 0.05) is 10.7 Å². The van der Waals surface area contributed by atoms with Crippen LogP contribution in [0.3, 0.4) is 0 Å². The first kappa shape index (κ1) is 16.9. The van der Waals surface area contributed by atoms with Gasteiger partial charge in [0.25, 0.3) is 0 Å². The van der Waals surface area contributed by atoms with Gasteiger partial charge in [-0.1, -0.05) is 59.8 Å². The van der Waals surface area contributed by atoms with E-state index in [0.717, 1.165) is 11.4 Å². The number of carbonyl (C=O) groups is 1. The Kier molecular flexibility index (Phi) is 4.57. The fourth-order valence-corrected chi connectivity index (χ4v) is 4.17. The van der Waals surface area contributed by atoms with Crippen LogP contribution in [0.2, 0.25) is 5.02 Å². The lowest BCUT2D eigenvalue weighted by atomic mass is 10.0. The van der Waals surface area contributed by atoms with E-state index in [1.165, 1.54) is 11.8 Å². The van der Waals surface area contributed by atoms with Gasteiger partial charge in [0.2, 0.25) is 11.1 Å². The molecule has 1 aliphatic heterocycles. The number of thioether (sulfide) groups is 1. The largest absolute Gasteiger partial charge is 0.325 e. The van der Waals surface area contributed by atoms with Crippen molar-refractivity contribution in [2.45, 2.75) is 23.4 Å². The van der Waals surface area contributed by atoms with E-state index in [1.807, 2.05) is 48.0 Å². The maximum absolute atomic E-state index is 13.0. The zero-order valence-electron chi connectivity index (χ0n) is 13.9. The molecule has 2 atom stereocenters. The molecule has 26 heavy (non-hydrogen) atoms. The zero-order chi connectivity index (χ0) is 18.1. The summed E-state index contributed by atoms with van der Waals surface area (Å²) in [6.07, 6.45) is 0. The van der Waals surface area contributed by atoms with Crippen LogP contribution in [0.15, 0.2) is 59.8 Å². The molecule has 2 heterocycles. The highest BCUT2D eigenvalue weighted by Crippen LogP contribution is 2.37. The Labute approximate surface area is 159 Å². The number of hydrogen-bond acceptors (Lipinski definition) is 5. The molecule has 1 amide bonds. The van der Waals surface area contributed by atoms with Gasteiger partial charge in [-0.05, 0) is 30.7 Å². The van der Waals surface area contributed by atoms with Crippen molar-refractivity contribution >= 4 is 35.0 Å². The highest BCUT2D eigenvalue weighted by atomic mass is 35.5. The molecule has 1 aliphatic rings. The molecule has 8 heteroatoms. The van der Waals surface area contributed by atoms with Gasteiger partial charge in [0.05, 0.1) is 6.04 Å². The Morgan fingerprint density at radius 3 is 2.77 bits per heavy atom. The first-order chi connectivity index (χ1) is 12.6. The average molecular weight is 386 g/mol. The second-order valence-electron chi connectivity index (χ2n) is 5.92. The van der Waals surface area contributed by atoms with Crippen molar-refractivity contribution in [3.8, 4) is 0 Å². The van der Waals surface area contributed by atoms with Gasteiger partial charge in [-0.15, -0.1) is 10.2 Å². The Balaban J connectivity index is 1.66. The number of hydrogen-bond donors (Lipinski definition) is 2. The molecule has 0 bridgehead atoms. The Hall–Kier alpha value is -2.51. The van der Waals surface area contributed by atoms with E-state index < -0.39 is 5.25 Å². The van der Waals surface area contributed by atoms with Gasteiger partial charge in [-0.2, -0.15) is 0 Å². The number of nitrogens with one attached hydrogen (secondary N) is 2. The van der Waals surface area contributed by atoms with Crippen LogP contribution in [0.5, 0.6) is 0 Å². The maximum Gasteiger partial charge on any atom is 0.240 e. The highest BCUT2D eigenvalue weighted by Gasteiger charge is 2.37. The fraction of sp³-hybridized carbons (Fsp3) is 0.167. The van der Waals surface area contributed by atoms with Gasteiger partial charge < -0.3 is 10.7 Å². The van der Waals surface area contributed by atoms with Gasteiger partial charge in [0.1, 0.15) is 11.1 Å². The molecule has 0 radical (unpaired) electrons. The minimum absolute atomic E-state index is 0.120. The number of aromatic nitrogens is 3. The standard InChI is InChI=1S/C18H16ClN5OS/c1-11-21-22-18-24(11)23-15(12-6-3-2-4-7-12)16(26-18)17(25)20-14-9-5-8-13(19)10-14/h2-10,15-16,23H,1H3,(H,20,25)/t15-,16+/m0/s1. The number of fused-ring (bicyclic) bond motifs is 1. The van der Waals surface area contributed by atoms with Crippen molar-refractivity contribution in [3.63, 3.8) is 0 Å².